The summed E-state index contributed by atoms with van der Waals surface area (Å²) in [5.41, 5.74) is 2.05. The topological polar surface area (TPSA) is 104 Å². The second-order valence-electron chi connectivity index (χ2n) is 9.52. The fourth-order valence-electron chi connectivity index (χ4n) is 5.17. The van der Waals surface area contributed by atoms with Gasteiger partial charge in [0.05, 0.1) is 24.0 Å². The molecule has 5 rings (SSSR count). The van der Waals surface area contributed by atoms with E-state index in [4.69, 9.17) is 4.74 Å². The summed E-state index contributed by atoms with van der Waals surface area (Å²) in [7, 11) is 1.66. The minimum Gasteiger partial charge on any atom is -0.476 e. The van der Waals surface area contributed by atoms with E-state index in [0.29, 0.717) is 29.8 Å². The lowest BCUT2D eigenvalue weighted by molar-refractivity contribution is 0.0693. The Hall–Kier alpha value is -4.34. The van der Waals surface area contributed by atoms with Crippen molar-refractivity contribution in [3.05, 3.63) is 95.9 Å². The Kier molecular flexibility index (Phi) is 7.81. The number of anilines is 1. The molecule has 0 aliphatic carbocycles. The van der Waals surface area contributed by atoms with Gasteiger partial charge < -0.3 is 20.5 Å². The number of benzene rings is 3. The van der Waals surface area contributed by atoms with E-state index in [-0.39, 0.29) is 28.7 Å². The number of carbonyl (C=O) groups is 2. The molecule has 2 unspecified atom stereocenters. The van der Waals surface area contributed by atoms with Crippen LogP contribution in [0.25, 0.3) is 22.0 Å². The zero-order valence-electron chi connectivity index (χ0n) is 21.4. The summed E-state index contributed by atoms with van der Waals surface area (Å²) < 4.78 is 19.4. The van der Waals surface area contributed by atoms with Gasteiger partial charge in [0.2, 0.25) is 0 Å². The monoisotopic (exact) mass is 528 g/mol. The quantitative estimate of drug-likeness (QED) is 0.298. The largest absolute Gasteiger partial charge is 0.476 e. The molecule has 39 heavy (non-hydrogen) atoms. The minimum atomic E-state index is -1.29. The Morgan fingerprint density at radius 3 is 2.44 bits per heavy atom. The second-order valence-corrected chi connectivity index (χ2v) is 9.52. The van der Waals surface area contributed by atoms with E-state index < -0.39 is 17.8 Å². The number of methoxy groups -OCH3 is 1. The van der Waals surface area contributed by atoms with E-state index in [1.807, 2.05) is 24.3 Å². The maximum Gasteiger partial charge on any atom is 0.355 e. The summed E-state index contributed by atoms with van der Waals surface area (Å²) in [4.78, 5) is 32.2. The number of pyridine rings is 1. The number of ether oxygens (including phenoxy) is 1. The van der Waals surface area contributed by atoms with Gasteiger partial charge >= 0.3 is 12.0 Å². The summed E-state index contributed by atoms with van der Waals surface area (Å²) in [6.07, 6.45) is 0. The van der Waals surface area contributed by atoms with Crippen LogP contribution >= 0.6 is 0 Å². The van der Waals surface area contributed by atoms with Crippen LogP contribution in [0.2, 0.25) is 0 Å². The molecule has 0 spiro atoms. The number of carbonyl (C=O) groups excluding carboxylic acids is 1. The van der Waals surface area contributed by atoms with Crippen LogP contribution in [0.3, 0.4) is 0 Å². The van der Waals surface area contributed by atoms with Crippen molar-refractivity contribution in [2.24, 2.45) is 0 Å². The van der Waals surface area contributed by atoms with Crippen LogP contribution in [-0.4, -0.2) is 66.4 Å². The molecule has 1 aliphatic rings. The van der Waals surface area contributed by atoms with Gasteiger partial charge in [-0.3, -0.25) is 4.90 Å². The van der Waals surface area contributed by atoms with Gasteiger partial charge in [-0.1, -0.05) is 60.7 Å². The van der Waals surface area contributed by atoms with Crippen LogP contribution in [-0.2, 0) is 4.74 Å². The SMILES string of the molecule is COCCN1CC(NC(=O)Nc2c(-c3ccccc3)nc(C(=O)O)c3cc(F)ccc23)C(c2ccccc2)C1. The first-order valence-corrected chi connectivity index (χ1v) is 12.7. The molecule has 8 nitrogen and oxygen atoms in total. The Morgan fingerprint density at radius 2 is 1.74 bits per heavy atom. The zero-order valence-corrected chi connectivity index (χ0v) is 21.4. The molecule has 3 aromatic carbocycles. The maximum absolute atomic E-state index is 14.2. The molecule has 1 fully saturated rings. The summed E-state index contributed by atoms with van der Waals surface area (Å²) >= 11 is 0. The normalized spacial score (nSPS) is 17.3. The van der Waals surface area contributed by atoms with Crippen LogP contribution in [0, 0.1) is 5.82 Å². The van der Waals surface area contributed by atoms with E-state index in [1.54, 1.807) is 31.4 Å². The highest BCUT2D eigenvalue weighted by atomic mass is 19.1. The summed E-state index contributed by atoms with van der Waals surface area (Å²) in [5, 5.41) is 16.4. The van der Waals surface area contributed by atoms with E-state index in [9.17, 15) is 19.1 Å². The van der Waals surface area contributed by atoms with Crippen LogP contribution in [0.1, 0.15) is 22.0 Å². The number of amides is 2. The highest BCUT2D eigenvalue weighted by Crippen LogP contribution is 2.36. The zero-order chi connectivity index (χ0) is 27.4. The Morgan fingerprint density at radius 1 is 1.03 bits per heavy atom. The van der Waals surface area contributed by atoms with Crippen molar-refractivity contribution < 1.29 is 23.8 Å². The smallest absolute Gasteiger partial charge is 0.355 e. The van der Waals surface area contributed by atoms with Gasteiger partial charge in [-0.05, 0) is 23.8 Å². The lowest BCUT2D eigenvalue weighted by atomic mass is 9.94. The van der Waals surface area contributed by atoms with Gasteiger partial charge in [-0.15, -0.1) is 0 Å². The molecule has 0 bridgehead atoms. The van der Waals surface area contributed by atoms with Crippen LogP contribution in [0.15, 0.2) is 78.9 Å². The predicted molar refractivity (Wildman–Crippen MR) is 148 cm³/mol. The van der Waals surface area contributed by atoms with Crippen molar-refractivity contribution >= 4 is 28.5 Å². The Labute approximate surface area is 225 Å². The number of hydrogen-bond donors (Lipinski definition) is 3. The van der Waals surface area contributed by atoms with Crippen molar-refractivity contribution in [3.8, 4) is 11.3 Å². The number of hydrogen-bond acceptors (Lipinski definition) is 5. The third-order valence-corrected chi connectivity index (χ3v) is 7.01. The molecular weight excluding hydrogens is 499 g/mol. The van der Waals surface area contributed by atoms with Gasteiger partial charge in [-0.2, -0.15) is 0 Å². The van der Waals surface area contributed by atoms with Crippen LogP contribution < -0.4 is 10.6 Å². The first-order chi connectivity index (χ1) is 18.9. The molecule has 1 aromatic heterocycles. The minimum absolute atomic E-state index is 0.0701. The van der Waals surface area contributed by atoms with E-state index >= 15 is 0 Å². The van der Waals surface area contributed by atoms with E-state index in [1.165, 1.54) is 12.1 Å². The molecule has 3 N–H and O–H groups in total. The highest BCUT2D eigenvalue weighted by molar-refractivity contribution is 6.12. The van der Waals surface area contributed by atoms with Gasteiger partial charge in [0.25, 0.3) is 0 Å². The third-order valence-electron chi connectivity index (χ3n) is 7.01. The number of halogens is 1. The molecule has 0 saturated carbocycles. The first kappa shape index (κ1) is 26.3. The molecular formula is C30H29FN4O4. The number of nitrogens with one attached hydrogen (secondary N) is 2. The van der Waals surface area contributed by atoms with Crippen molar-refractivity contribution in [1.82, 2.24) is 15.2 Å². The number of fused-ring (bicyclic) bond motifs is 1. The lowest BCUT2D eigenvalue weighted by Crippen LogP contribution is -2.42. The molecule has 1 saturated heterocycles. The number of aromatic nitrogens is 1. The molecule has 2 amide bonds. The second kappa shape index (κ2) is 11.6. The van der Waals surface area contributed by atoms with E-state index in [0.717, 1.165) is 24.7 Å². The number of carboxylic acids is 1. The Balaban J connectivity index is 1.50. The highest BCUT2D eigenvalue weighted by Gasteiger charge is 2.35. The average molecular weight is 529 g/mol. The summed E-state index contributed by atoms with van der Waals surface area (Å²) in [6, 6.07) is 22.2. The standard InChI is InChI=1S/C30H29FN4O4/c1-39-15-14-35-17-24(19-8-4-2-5-9-19)25(18-35)32-30(38)34-27-22-13-12-21(31)16-23(22)28(29(36)37)33-26(27)20-10-6-3-7-11-20/h2-13,16,24-25H,14-15,17-18H2,1H3,(H,36,37)(H2,32,34,38). The number of likely N-dealkylation sites (tertiary alicyclic amines) is 1. The van der Waals surface area contributed by atoms with Gasteiger partial charge in [0.15, 0.2) is 5.69 Å². The van der Waals surface area contributed by atoms with Crippen molar-refractivity contribution in [2.75, 3.05) is 38.7 Å². The van der Waals surface area contributed by atoms with Gasteiger partial charge in [0.1, 0.15) is 5.82 Å². The van der Waals surface area contributed by atoms with Crippen molar-refractivity contribution in [2.45, 2.75) is 12.0 Å². The van der Waals surface area contributed by atoms with Crippen LogP contribution in [0.5, 0.6) is 0 Å². The third kappa shape index (κ3) is 5.74. The average Bonchev–Trinajstić information content (AvgIpc) is 3.34. The summed E-state index contributed by atoms with van der Waals surface area (Å²) in [5.74, 6) is -1.81. The fraction of sp³-hybridized carbons (Fsp3) is 0.233. The number of urea groups is 1. The lowest BCUT2D eigenvalue weighted by Gasteiger charge is -2.22. The summed E-state index contributed by atoms with van der Waals surface area (Å²) in [6.45, 7) is 2.74. The molecule has 4 aromatic rings. The number of nitrogens with zero attached hydrogens (tertiary/aromatic N) is 2. The molecule has 200 valence electrons. The van der Waals surface area contributed by atoms with Crippen LogP contribution in [0.4, 0.5) is 14.9 Å². The number of rotatable bonds is 8. The number of carboxylic acid groups (broad SMARTS) is 1. The van der Waals surface area contributed by atoms with Gasteiger partial charge in [0, 0.05) is 49.0 Å². The predicted octanol–water partition coefficient (Wildman–Crippen LogP) is 4.98. The first-order valence-electron chi connectivity index (χ1n) is 12.7. The molecule has 1 aliphatic heterocycles. The molecule has 2 atom stereocenters. The van der Waals surface area contributed by atoms with E-state index in [2.05, 4.69) is 32.7 Å². The fourth-order valence-corrected chi connectivity index (χ4v) is 5.17. The molecule has 2 heterocycles. The Bertz CT molecular complexity index is 1480. The van der Waals surface area contributed by atoms with Crippen molar-refractivity contribution in [1.29, 1.82) is 0 Å². The number of aromatic carboxylic acids is 1. The van der Waals surface area contributed by atoms with Crippen molar-refractivity contribution in [3.63, 3.8) is 0 Å². The molecule has 0 radical (unpaired) electrons. The van der Waals surface area contributed by atoms with Gasteiger partial charge in [-0.25, -0.2) is 19.0 Å². The maximum atomic E-state index is 14.2. The molecule has 9 heteroatoms.